The topological polar surface area (TPSA) is 82.5 Å². The molecule has 3 rings (SSSR count). The highest BCUT2D eigenvalue weighted by Gasteiger charge is 2.13. The number of nitrogens with zero attached hydrogens (tertiary/aromatic N) is 2. The number of methoxy groups -OCH3 is 2. The van der Waals surface area contributed by atoms with E-state index in [1.807, 2.05) is 0 Å². The summed E-state index contributed by atoms with van der Waals surface area (Å²) in [5, 5.41) is 2.76. The maximum Gasteiger partial charge on any atom is 0.248 e. The molecule has 0 unspecified atom stereocenters. The number of carbonyl (C=O) groups excluding carboxylic acids is 2. The zero-order valence-electron chi connectivity index (χ0n) is 16.4. The fourth-order valence-corrected chi connectivity index (χ4v) is 2.70. The highest BCUT2D eigenvalue weighted by atomic mass is 16.5. The molecule has 7 heteroatoms. The van der Waals surface area contributed by atoms with Crippen LogP contribution >= 0.6 is 0 Å². The maximum atomic E-state index is 12.4. The minimum Gasteiger partial charge on any atom is -0.497 e. The van der Waals surface area contributed by atoms with Crippen LogP contribution in [0, 0.1) is 0 Å². The molecule has 3 aromatic rings. The first kappa shape index (κ1) is 19.9. The number of aromatic nitrogens is 2. The number of imidazole rings is 1. The van der Waals surface area contributed by atoms with Crippen molar-refractivity contribution in [2.75, 3.05) is 19.5 Å². The third kappa shape index (κ3) is 4.90. The lowest BCUT2D eigenvalue weighted by atomic mass is 10.1. The van der Waals surface area contributed by atoms with Crippen LogP contribution in [0.5, 0.6) is 11.5 Å². The Morgan fingerprint density at radius 1 is 1.03 bits per heavy atom. The molecule has 1 amide bonds. The van der Waals surface area contributed by atoms with Gasteiger partial charge in [-0.05, 0) is 48.0 Å². The summed E-state index contributed by atoms with van der Waals surface area (Å²) in [6, 6.07) is 12.0. The van der Waals surface area contributed by atoms with Gasteiger partial charge in [0.05, 0.1) is 14.2 Å². The predicted octanol–water partition coefficient (Wildman–Crippen LogP) is 3.32. The molecule has 1 heterocycles. The van der Waals surface area contributed by atoms with Crippen molar-refractivity contribution in [1.29, 1.82) is 0 Å². The van der Waals surface area contributed by atoms with Crippen LogP contribution in [0.4, 0.5) is 5.69 Å². The minimum atomic E-state index is -0.296. The lowest BCUT2D eigenvalue weighted by Crippen LogP contribution is -2.10. The van der Waals surface area contributed by atoms with E-state index in [1.54, 1.807) is 86.8 Å². The second-order valence-corrected chi connectivity index (χ2v) is 6.24. The number of nitrogens with one attached hydrogen (secondary N) is 1. The van der Waals surface area contributed by atoms with Gasteiger partial charge in [-0.25, -0.2) is 4.98 Å². The number of ketones is 1. The van der Waals surface area contributed by atoms with E-state index in [0.717, 1.165) is 5.56 Å². The number of benzene rings is 2. The lowest BCUT2D eigenvalue weighted by Gasteiger charge is -2.06. The first-order valence-corrected chi connectivity index (χ1v) is 8.84. The van der Waals surface area contributed by atoms with Gasteiger partial charge in [0.15, 0.2) is 5.82 Å². The van der Waals surface area contributed by atoms with Gasteiger partial charge in [-0.15, -0.1) is 0 Å². The Labute approximate surface area is 168 Å². The molecule has 148 valence electrons. The van der Waals surface area contributed by atoms with Crippen molar-refractivity contribution in [2.24, 2.45) is 7.05 Å². The number of carbonyl (C=O) groups is 2. The van der Waals surface area contributed by atoms with Crippen molar-refractivity contribution in [3.8, 4) is 11.5 Å². The van der Waals surface area contributed by atoms with Crippen LogP contribution in [0.3, 0.4) is 0 Å². The Morgan fingerprint density at radius 3 is 2.24 bits per heavy atom. The minimum absolute atomic E-state index is 0.178. The van der Waals surface area contributed by atoms with E-state index in [9.17, 15) is 9.59 Å². The number of ether oxygens (including phenoxy) is 2. The lowest BCUT2D eigenvalue weighted by molar-refractivity contribution is -0.111. The standard InChI is InChI=1S/C22H21N3O4/c1-25-11-10-23-22(25)21(27)16-5-7-17(8-6-16)24-20(26)9-4-15-12-18(28-2)14-19(13-15)29-3/h4-14H,1-3H3,(H,24,26)/b9-4+. The van der Waals surface area contributed by atoms with Crippen LogP contribution in [-0.2, 0) is 11.8 Å². The smallest absolute Gasteiger partial charge is 0.248 e. The molecule has 0 saturated carbocycles. The summed E-state index contributed by atoms with van der Waals surface area (Å²) in [4.78, 5) is 28.7. The van der Waals surface area contributed by atoms with Crippen molar-refractivity contribution < 1.29 is 19.1 Å². The summed E-state index contributed by atoms with van der Waals surface area (Å²) < 4.78 is 12.1. The van der Waals surface area contributed by atoms with Crippen LogP contribution in [-0.4, -0.2) is 35.5 Å². The van der Waals surface area contributed by atoms with Gasteiger partial charge >= 0.3 is 0 Å². The Kier molecular flexibility index (Phi) is 6.09. The molecule has 0 radical (unpaired) electrons. The van der Waals surface area contributed by atoms with Crippen molar-refractivity contribution in [1.82, 2.24) is 9.55 Å². The van der Waals surface area contributed by atoms with Crippen LogP contribution in [0.2, 0.25) is 0 Å². The second kappa shape index (κ2) is 8.88. The zero-order valence-corrected chi connectivity index (χ0v) is 16.4. The Morgan fingerprint density at radius 2 is 1.69 bits per heavy atom. The molecule has 29 heavy (non-hydrogen) atoms. The van der Waals surface area contributed by atoms with E-state index in [-0.39, 0.29) is 11.7 Å². The maximum absolute atomic E-state index is 12.4. The first-order chi connectivity index (χ1) is 14.0. The highest BCUT2D eigenvalue weighted by molar-refractivity contribution is 6.07. The fraction of sp³-hybridized carbons (Fsp3) is 0.136. The summed E-state index contributed by atoms with van der Waals surface area (Å²) in [5.74, 6) is 1.16. The third-order valence-corrected chi connectivity index (χ3v) is 4.24. The van der Waals surface area contributed by atoms with E-state index < -0.39 is 0 Å². The van der Waals surface area contributed by atoms with Gasteiger partial charge in [-0.2, -0.15) is 0 Å². The SMILES string of the molecule is COc1cc(/C=C/C(=O)Nc2ccc(C(=O)c3nccn3C)cc2)cc(OC)c1. The Hall–Kier alpha value is -3.87. The monoisotopic (exact) mass is 391 g/mol. The largest absolute Gasteiger partial charge is 0.497 e. The van der Waals surface area contributed by atoms with Gasteiger partial charge in [0.1, 0.15) is 11.5 Å². The van der Waals surface area contributed by atoms with E-state index in [2.05, 4.69) is 10.3 Å². The summed E-state index contributed by atoms with van der Waals surface area (Å²) in [6.45, 7) is 0. The average molecular weight is 391 g/mol. The number of hydrogen-bond donors (Lipinski definition) is 1. The summed E-state index contributed by atoms with van der Waals surface area (Å²) in [5.41, 5.74) is 1.85. The van der Waals surface area contributed by atoms with Gasteiger partial charge in [0, 0.05) is 42.8 Å². The van der Waals surface area contributed by atoms with E-state index in [0.29, 0.717) is 28.6 Å². The quantitative estimate of drug-likeness (QED) is 0.494. The van der Waals surface area contributed by atoms with Crippen LogP contribution in [0.1, 0.15) is 21.7 Å². The van der Waals surface area contributed by atoms with Crippen LogP contribution < -0.4 is 14.8 Å². The van der Waals surface area contributed by atoms with Crippen molar-refractivity contribution in [3.63, 3.8) is 0 Å². The molecule has 0 aliphatic carbocycles. The molecule has 1 N–H and O–H groups in total. The molecule has 0 fully saturated rings. The van der Waals surface area contributed by atoms with E-state index >= 15 is 0 Å². The fourth-order valence-electron chi connectivity index (χ4n) is 2.70. The van der Waals surface area contributed by atoms with Gasteiger partial charge in [-0.3, -0.25) is 9.59 Å². The molecular formula is C22H21N3O4. The molecule has 7 nitrogen and oxygen atoms in total. The van der Waals surface area contributed by atoms with Gasteiger partial charge in [0.25, 0.3) is 0 Å². The van der Waals surface area contributed by atoms with Crippen molar-refractivity contribution >= 4 is 23.5 Å². The zero-order chi connectivity index (χ0) is 20.8. The van der Waals surface area contributed by atoms with Gasteiger partial charge in [-0.1, -0.05) is 0 Å². The molecule has 0 aliphatic rings. The highest BCUT2D eigenvalue weighted by Crippen LogP contribution is 2.23. The first-order valence-electron chi connectivity index (χ1n) is 8.84. The molecule has 1 aromatic heterocycles. The molecule has 0 saturated heterocycles. The third-order valence-electron chi connectivity index (χ3n) is 4.24. The van der Waals surface area contributed by atoms with Gasteiger partial charge < -0.3 is 19.4 Å². The Bertz CT molecular complexity index is 1030. The number of aryl methyl sites for hydroxylation is 1. The van der Waals surface area contributed by atoms with Gasteiger partial charge in [0.2, 0.25) is 11.7 Å². The van der Waals surface area contributed by atoms with Crippen LogP contribution in [0.15, 0.2) is 60.9 Å². The van der Waals surface area contributed by atoms with Crippen LogP contribution in [0.25, 0.3) is 6.08 Å². The number of rotatable bonds is 7. The van der Waals surface area contributed by atoms with E-state index in [1.165, 1.54) is 6.08 Å². The molecule has 0 bridgehead atoms. The number of amides is 1. The summed E-state index contributed by atoms with van der Waals surface area (Å²) in [7, 11) is 4.90. The Balaban J connectivity index is 1.66. The number of anilines is 1. The predicted molar refractivity (Wildman–Crippen MR) is 110 cm³/mol. The van der Waals surface area contributed by atoms with Crippen molar-refractivity contribution in [3.05, 3.63) is 77.9 Å². The van der Waals surface area contributed by atoms with Crippen molar-refractivity contribution in [2.45, 2.75) is 0 Å². The normalized spacial score (nSPS) is 10.7. The average Bonchev–Trinajstić information content (AvgIpc) is 3.17. The number of hydrogen-bond acceptors (Lipinski definition) is 5. The summed E-state index contributed by atoms with van der Waals surface area (Å²) >= 11 is 0. The second-order valence-electron chi connectivity index (χ2n) is 6.24. The molecule has 2 aromatic carbocycles. The molecule has 0 spiro atoms. The molecular weight excluding hydrogens is 370 g/mol. The summed E-state index contributed by atoms with van der Waals surface area (Å²) in [6.07, 6.45) is 6.37. The molecule has 0 atom stereocenters. The van der Waals surface area contributed by atoms with E-state index in [4.69, 9.17) is 9.47 Å². The molecule has 0 aliphatic heterocycles.